The van der Waals surface area contributed by atoms with Gasteiger partial charge in [0.25, 0.3) is 5.89 Å². The lowest BCUT2D eigenvalue weighted by Gasteiger charge is -2.04. The van der Waals surface area contributed by atoms with E-state index >= 15 is 0 Å². The van der Waals surface area contributed by atoms with Crippen molar-refractivity contribution in [2.24, 2.45) is 5.92 Å². The summed E-state index contributed by atoms with van der Waals surface area (Å²) in [5, 5.41) is 13.0. The van der Waals surface area contributed by atoms with Gasteiger partial charge in [-0.25, -0.2) is 9.97 Å². The Morgan fingerprint density at radius 3 is 2.35 bits per heavy atom. The molecule has 0 atom stereocenters. The SMILES string of the molecule is CC(C)Cc1ccc(-c2noc(-c3cnc(CO)nc3)n2)cc1. The molecule has 0 amide bonds. The van der Waals surface area contributed by atoms with Crippen LogP contribution in [-0.4, -0.2) is 25.2 Å². The molecule has 2 heterocycles. The molecule has 0 saturated carbocycles. The molecular formula is C17H18N4O2. The summed E-state index contributed by atoms with van der Waals surface area (Å²) >= 11 is 0. The summed E-state index contributed by atoms with van der Waals surface area (Å²) in [6, 6.07) is 8.17. The zero-order valence-corrected chi connectivity index (χ0v) is 13.1. The van der Waals surface area contributed by atoms with E-state index in [1.165, 1.54) is 5.56 Å². The third-order valence-corrected chi connectivity index (χ3v) is 3.38. The fraction of sp³-hybridized carbons (Fsp3) is 0.294. The van der Waals surface area contributed by atoms with Crippen LogP contribution in [-0.2, 0) is 13.0 Å². The third kappa shape index (κ3) is 3.60. The number of benzene rings is 1. The maximum absolute atomic E-state index is 8.95. The molecule has 1 N–H and O–H groups in total. The summed E-state index contributed by atoms with van der Waals surface area (Å²) in [5.74, 6) is 1.87. The van der Waals surface area contributed by atoms with Crippen molar-refractivity contribution in [3.63, 3.8) is 0 Å². The molecule has 2 aromatic heterocycles. The number of hydrogen-bond donors (Lipinski definition) is 1. The van der Waals surface area contributed by atoms with Crippen molar-refractivity contribution in [2.75, 3.05) is 0 Å². The fourth-order valence-corrected chi connectivity index (χ4v) is 2.27. The first-order valence-electron chi connectivity index (χ1n) is 7.51. The lowest BCUT2D eigenvalue weighted by Crippen LogP contribution is -1.94. The molecule has 118 valence electrons. The van der Waals surface area contributed by atoms with Gasteiger partial charge in [-0.2, -0.15) is 4.98 Å². The molecule has 0 radical (unpaired) electrons. The number of aliphatic hydroxyl groups is 1. The summed E-state index contributed by atoms with van der Waals surface area (Å²) in [6.07, 6.45) is 4.16. The summed E-state index contributed by atoms with van der Waals surface area (Å²) in [5.41, 5.74) is 2.82. The van der Waals surface area contributed by atoms with Crippen LogP contribution in [0.25, 0.3) is 22.8 Å². The molecule has 0 aliphatic carbocycles. The van der Waals surface area contributed by atoms with Gasteiger partial charge in [0.05, 0.1) is 5.56 Å². The van der Waals surface area contributed by atoms with Gasteiger partial charge in [0.2, 0.25) is 5.82 Å². The zero-order valence-electron chi connectivity index (χ0n) is 13.1. The highest BCUT2D eigenvalue weighted by molar-refractivity contribution is 5.59. The van der Waals surface area contributed by atoms with Crippen LogP contribution in [0.3, 0.4) is 0 Å². The van der Waals surface area contributed by atoms with E-state index in [2.05, 4.69) is 46.1 Å². The molecule has 0 aliphatic rings. The molecule has 3 rings (SSSR count). The maximum Gasteiger partial charge on any atom is 0.261 e. The van der Waals surface area contributed by atoms with E-state index in [0.717, 1.165) is 12.0 Å². The largest absolute Gasteiger partial charge is 0.388 e. The second-order valence-corrected chi connectivity index (χ2v) is 5.76. The highest BCUT2D eigenvalue weighted by Gasteiger charge is 2.11. The Morgan fingerprint density at radius 1 is 1.04 bits per heavy atom. The fourth-order valence-electron chi connectivity index (χ4n) is 2.27. The molecule has 0 bridgehead atoms. The van der Waals surface area contributed by atoms with Gasteiger partial charge in [-0.15, -0.1) is 0 Å². The van der Waals surface area contributed by atoms with Crippen molar-refractivity contribution in [1.82, 2.24) is 20.1 Å². The van der Waals surface area contributed by atoms with Gasteiger partial charge in [0.1, 0.15) is 6.61 Å². The smallest absolute Gasteiger partial charge is 0.261 e. The number of aliphatic hydroxyl groups excluding tert-OH is 1. The molecule has 23 heavy (non-hydrogen) atoms. The maximum atomic E-state index is 8.95. The van der Waals surface area contributed by atoms with Gasteiger partial charge in [0, 0.05) is 18.0 Å². The number of hydrogen-bond acceptors (Lipinski definition) is 6. The predicted octanol–water partition coefficient (Wildman–Crippen LogP) is 2.88. The second kappa shape index (κ2) is 6.66. The van der Waals surface area contributed by atoms with E-state index < -0.39 is 0 Å². The lowest BCUT2D eigenvalue weighted by atomic mass is 10.0. The Kier molecular flexibility index (Phi) is 4.43. The van der Waals surface area contributed by atoms with E-state index in [1.54, 1.807) is 12.4 Å². The van der Waals surface area contributed by atoms with Crippen LogP contribution in [0.5, 0.6) is 0 Å². The van der Waals surface area contributed by atoms with E-state index in [9.17, 15) is 0 Å². The Bertz CT molecular complexity index is 764. The quantitative estimate of drug-likeness (QED) is 0.780. The first kappa shape index (κ1) is 15.3. The molecule has 0 saturated heterocycles. The van der Waals surface area contributed by atoms with Crippen LogP contribution in [0.1, 0.15) is 25.2 Å². The Labute approximate surface area is 134 Å². The zero-order chi connectivity index (χ0) is 16.2. The minimum absolute atomic E-state index is 0.196. The molecule has 0 fully saturated rings. The van der Waals surface area contributed by atoms with Crippen molar-refractivity contribution in [3.05, 3.63) is 48.0 Å². The summed E-state index contributed by atoms with van der Waals surface area (Å²) in [6.45, 7) is 4.20. The van der Waals surface area contributed by atoms with Crippen LogP contribution in [0.2, 0.25) is 0 Å². The van der Waals surface area contributed by atoms with E-state index in [4.69, 9.17) is 9.63 Å². The molecule has 6 nitrogen and oxygen atoms in total. The molecule has 6 heteroatoms. The Morgan fingerprint density at radius 2 is 1.74 bits per heavy atom. The highest BCUT2D eigenvalue weighted by atomic mass is 16.5. The average Bonchev–Trinajstić information content (AvgIpc) is 3.05. The summed E-state index contributed by atoms with van der Waals surface area (Å²) in [7, 11) is 0. The first-order chi connectivity index (χ1) is 11.2. The predicted molar refractivity (Wildman–Crippen MR) is 85.2 cm³/mol. The standard InChI is InChI=1S/C17H18N4O2/c1-11(2)7-12-3-5-13(6-4-12)16-20-17(23-21-16)14-8-18-15(10-22)19-9-14/h3-6,8-9,11,22H,7,10H2,1-2H3. The van der Waals surface area contributed by atoms with Gasteiger partial charge < -0.3 is 9.63 Å². The molecule has 1 aromatic carbocycles. The monoisotopic (exact) mass is 310 g/mol. The second-order valence-electron chi connectivity index (χ2n) is 5.76. The summed E-state index contributed by atoms with van der Waals surface area (Å²) in [4.78, 5) is 12.4. The molecule has 3 aromatic rings. The Balaban J connectivity index is 1.80. The van der Waals surface area contributed by atoms with Crippen molar-refractivity contribution in [1.29, 1.82) is 0 Å². The van der Waals surface area contributed by atoms with Crippen molar-refractivity contribution >= 4 is 0 Å². The van der Waals surface area contributed by atoms with E-state index in [-0.39, 0.29) is 6.61 Å². The van der Waals surface area contributed by atoms with Gasteiger partial charge in [0.15, 0.2) is 5.82 Å². The van der Waals surface area contributed by atoms with Crippen LogP contribution < -0.4 is 0 Å². The van der Waals surface area contributed by atoms with Crippen LogP contribution >= 0.6 is 0 Å². The van der Waals surface area contributed by atoms with Crippen LogP contribution in [0.4, 0.5) is 0 Å². The van der Waals surface area contributed by atoms with Crippen molar-refractivity contribution in [3.8, 4) is 22.8 Å². The molecule has 0 aliphatic heterocycles. The normalized spacial score (nSPS) is 11.1. The first-order valence-corrected chi connectivity index (χ1v) is 7.51. The topological polar surface area (TPSA) is 84.9 Å². The molecule has 0 unspecified atom stereocenters. The number of rotatable bonds is 5. The van der Waals surface area contributed by atoms with Gasteiger partial charge in [-0.05, 0) is 17.9 Å². The van der Waals surface area contributed by atoms with Gasteiger partial charge in [-0.1, -0.05) is 43.3 Å². The number of nitrogens with zero attached hydrogens (tertiary/aromatic N) is 4. The van der Waals surface area contributed by atoms with Gasteiger partial charge >= 0.3 is 0 Å². The molecule has 0 spiro atoms. The van der Waals surface area contributed by atoms with Crippen LogP contribution in [0, 0.1) is 5.92 Å². The van der Waals surface area contributed by atoms with E-state index in [1.807, 2.05) is 12.1 Å². The van der Waals surface area contributed by atoms with E-state index in [0.29, 0.717) is 29.0 Å². The Hall–Kier alpha value is -2.60. The summed E-state index contributed by atoms with van der Waals surface area (Å²) < 4.78 is 5.27. The minimum Gasteiger partial charge on any atom is -0.388 e. The number of aromatic nitrogens is 4. The minimum atomic E-state index is -0.196. The molecular weight excluding hydrogens is 292 g/mol. The van der Waals surface area contributed by atoms with Gasteiger partial charge in [-0.3, -0.25) is 0 Å². The van der Waals surface area contributed by atoms with Crippen molar-refractivity contribution < 1.29 is 9.63 Å². The van der Waals surface area contributed by atoms with Crippen molar-refractivity contribution in [2.45, 2.75) is 26.9 Å². The highest BCUT2D eigenvalue weighted by Crippen LogP contribution is 2.22. The average molecular weight is 310 g/mol. The van der Waals surface area contributed by atoms with Crippen LogP contribution in [0.15, 0.2) is 41.2 Å². The third-order valence-electron chi connectivity index (χ3n) is 3.38. The lowest BCUT2D eigenvalue weighted by molar-refractivity contribution is 0.271.